The number of benzene rings is 1. The van der Waals surface area contributed by atoms with E-state index in [-0.39, 0.29) is 18.5 Å². The van der Waals surface area contributed by atoms with Crippen molar-refractivity contribution in [3.05, 3.63) is 80.4 Å². The lowest BCUT2D eigenvalue weighted by Crippen LogP contribution is -2.09. The molecule has 182 valence electrons. The molecule has 0 aliphatic heterocycles. The summed E-state index contributed by atoms with van der Waals surface area (Å²) in [5.74, 6) is -1.35. The first-order valence-electron chi connectivity index (χ1n) is 9.44. The molecule has 0 amide bonds. The van der Waals surface area contributed by atoms with E-state index in [1.54, 1.807) is 13.8 Å². The number of carboxylic acids is 1. The molecule has 9 nitrogen and oxygen atoms in total. The number of ether oxygens (including phenoxy) is 4. The Morgan fingerprint density at radius 1 is 0.909 bits per heavy atom. The van der Waals surface area contributed by atoms with Crippen LogP contribution in [0.5, 0.6) is 5.75 Å². The predicted molar refractivity (Wildman–Crippen MR) is 125 cm³/mol. The zero-order valence-corrected chi connectivity index (χ0v) is 19.3. The van der Waals surface area contributed by atoms with E-state index in [1.807, 2.05) is 30.3 Å². The Hall–Kier alpha value is -4.14. The molecule has 0 fully saturated rings. The van der Waals surface area contributed by atoms with E-state index in [0.717, 1.165) is 24.0 Å². The smallest absolute Gasteiger partial charge is 0.332 e. The summed E-state index contributed by atoms with van der Waals surface area (Å²) in [6, 6.07) is 9.35. The van der Waals surface area contributed by atoms with Crippen LogP contribution in [0.15, 0.2) is 80.4 Å². The van der Waals surface area contributed by atoms with Gasteiger partial charge < -0.3 is 24.1 Å². The number of esters is 3. The molecule has 9 heteroatoms. The van der Waals surface area contributed by atoms with Gasteiger partial charge in [-0.15, -0.1) is 0 Å². The Labute approximate surface area is 194 Å². The molecule has 1 rings (SSSR count). The number of rotatable bonds is 9. The molecule has 0 aliphatic carbocycles. The van der Waals surface area contributed by atoms with Gasteiger partial charge in [0.25, 0.3) is 0 Å². The van der Waals surface area contributed by atoms with Gasteiger partial charge in [0.15, 0.2) is 0 Å². The molecule has 0 unspecified atom stereocenters. The van der Waals surface area contributed by atoms with E-state index in [2.05, 4.69) is 35.8 Å². The zero-order chi connectivity index (χ0) is 26.1. The molecule has 0 saturated carbocycles. The molecule has 33 heavy (non-hydrogen) atoms. The summed E-state index contributed by atoms with van der Waals surface area (Å²) >= 11 is 0. The van der Waals surface area contributed by atoms with E-state index in [0.29, 0.717) is 18.8 Å². The van der Waals surface area contributed by atoms with Gasteiger partial charge in [0, 0.05) is 23.8 Å². The summed E-state index contributed by atoms with van der Waals surface area (Å²) in [5, 5.41) is 7.60. The molecule has 1 N–H and O–H groups in total. The quantitative estimate of drug-likeness (QED) is 0.253. The normalized spacial score (nSPS) is 8.09. The maximum atomic E-state index is 10.6. The third-order valence-electron chi connectivity index (χ3n) is 2.67. The minimum Gasteiger partial charge on any atom is -0.490 e. The standard InChI is InChI=1S/C11H12O3.2C5H8O2.C3H4O2/c1-2-11(12)14-9-8-13-10-6-4-3-5-7-10;1-4(2)5(6)7-3;1-3-5(6)7-4-2;1-2-3(4)5/h2-7H,1,8-9H2;1H2,2-3H3;3H,1,4H2,2H3;2H,1H2,(H,4,5). The fraction of sp³-hybridized carbons (Fsp3) is 0.250. The first-order chi connectivity index (χ1) is 15.6. The largest absolute Gasteiger partial charge is 0.490 e. The predicted octanol–water partition coefficient (Wildman–Crippen LogP) is 3.52. The summed E-state index contributed by atoms with van der Waals surface area (Å²) in [6.45, 7) is 17.2. The molecule has 0 spiro atoms. The van der Waals surface area contributed by atoms with Crippen LogP contribution in [0.2, 0.25) is 0 Å². The van der Waals surface area contributed by atoms with Gasteiger partial charge in [0.2, 0.25) is 0 Å². The average molecular weight is 465 g/mol. The van der Waals surface area contributed by atoms with Gasteiger partial charge in [-0.05, 0) is 26.0 Å². The number of hydrogen-bond acceptors (Lipinski definition) is 8. The van der Waals surface area contributed by atoms with Crippen molar-refractivity contribution in [2.24, 2.45) is 0 Å². The Balaban J connectivity index is -0.000000402. The van der Waals surface area contributed by atoms with Crippen molar-refractivity contribution >= 4 is 23.9 Å². The van der Waals surface area contributed by atoms with Gasteiger partial charge in [-0.2, -0.15) is 0 Å². The minimum atomic E-state index is -0.981. The Kier molecular flexibility index (Phi) is 24.5. The molecule has 0 radical (unpaired) electrons. The molecule has 0 bridgehead atoms. The Morgan fingerprint density at radius 2 is 1.39 bits per heavy atom. The van der Waals surface area contributed by atoms with Gasteiger partial charge in [0.1, 0.15) is 19.0 Å². The number of carboxylic acid groups (broad SMARTS) is 1. The van der Waals surface area contributed by atoms with Gasteiger partial charge >= 0.3 is 23.9 Å². The highest BCUT2D eigenvalue weighted by atomic mass is 16.6. The fourth-order valence-corrected chi connectivity index (χ4v) is 1.25. The Bertz CT molecular complexity index is 750. The average Bonchev–Trinajstić information content (AvgIpc) is 2.82. The topological polar surface area (TPSA) is 125 Å². The van der Waals surface area contributed by atoms with Crippen molar-refractivity contribution in [3.8, 4) is 5.75 Å². The van der Waals surface area contributed by atoms with Crippen molar-refractivity contribution in [3.63, 3.8) is 0 Å². The molecule has 0 heterocycles. The van der Waals surface area contributed by atoms with Crippen molar-refractivity contribution in [2.45, 2.75) is 13.8 Å². The van der Waals surface area contributed by atoms with Crippen LogP contribution in [0, 0.1) is 0 Å². The molecule has 0 aliphatic rings. The SMILES string of the molecule is C=C(C)C(=O)OC.C=CC(=O)O.C=CC(=O)OCC.C=CC(=O)OCCOc1ccccc1. The van der Waals surface area contributed by atoms with Crippen molar-refractivity contribution in [1.29, 1.82) is 0 Å². The second kappa shape index (κ2) is 24.1. The van der Waals surface area contributed by atoms with Gasteiger partial charge in [0.05, 0.1) is 13.7 Å². The van der Waals surface area contributed by atoms with Crippen LogP contribution in [0.25, 0.3) is 0 Å². The first kappa shape index (κ1) is 33.5. The molecule has 0 atom stereocenters. The number of carbonyl (C=O) groups excluding carboxylic acids is 3. The molecule has 0 saturated heterocycles. The van der Waals surface area contributed by atoms with E-state index in [4.69, 9.17) is 14.6 Å². The van der Waals surface area contributed by atoms with Crippen LogP contribution in [-0.4, -0.2) is 55.9 Å². The highest BCUT2D eigenvalue weighted by Crippen LogP contribution is 2.07. The fourth-order valence-electron chi connectivity index (χ4n) is 1.25. The summed E-state index contributed by atoms with van der Waals surface area (Å²) in [7, 11) is 1.33. The Morgan fingerprint density at radius 3 is 1.70 bits per heavy atom. The van der Waals surface area contributed by atoms with E-state index < -0.39 is 11.9 Å². The lowest BCUT2D eigenvalue weighted by molar-refractivity contribution is -0.139. The van der Waals surface area contributed by atoms with Crippen LogP contribution < -0.4 is 4.74 Å². The summed E-state index contributed by atoms with van der Waals surface area (Å²) in [4.78, 5) is 40.1. The van der Waals surface area contributed by atoms with Crippen LogP contribution >= 0.6 is 0 Å². The number of para-hydroxylation sites is 1. The van der Waals surface area contributed by atoms with E-state index >= 15 is 0 Å². The molecule has 1 aromatic rings. The van der Waals surface area contributed by atoms with Gasteiger partial charge in [-0.25, -0.2) is 19.2 Å². The summed E-state index contributed by atoms with van der Waals surface area (Å²) in [5.41, 5.74) is 0.433. The number of aliphatic carboxylic acids is 1. The molecule has 1 aromatic carbocycles. The first-order valence-corrected chi connectivity index (χ1v) is 9.44. The highest BCUT2D eigenvalue weighted by Gasteiger charge is 1.96. The second-order valence-corrected chi connectivity index (χ2v) is 5.30. The third-order valence-corrected chi connectivity index (χ3v) is 2.67. The highest BCUT2D eigenvalue weighted by molar-refractivity contribution is 5.86. The van der Waals surface area contributed by atoms with E-state index in [9.17, 15) is 19.2 Å². The number of carbonyl (C=O) groups is 4. The van der Waals surface area contributed by atoms with Crippen LogP contribution in [0.3, 0.4) is 0 Å². The molecular weight excluding hydrogens is 432 g/mol. The summed E-state index contributed by atoms with van der Waals surface area (Å²) < 4.78 is 18.7. The van der Waals surface area contributed by atoms with Crippen LogP contribution in [0.1, 0.15) is 13.8 Å². The number of hydrogen-bond donors (Lipinski definition) is 1. The van der Waals surface area contributed by atoms with Gasteiger partial charge in [-0.1, -0.05) is 44.5 Å². The second-order valence-electron chi connectivity index (χ2n) is 5.30. The monoisotopic (exact) mass is 464 g/mol. The van der Waals surface area contributed by atoms with Crippen molar-refractivity contribution < 1.29 is 43.2 Å². The summed E-state index contributed by atoms with van der Waals surface area (Å²) in [6.07, 6.45) is 3.10. The maximum absolute atomic E-state index is 10.6. The van der Waals surface area contributed by atoms with Crippen molar-refractivity contribution in [1.82, 2.24) is 0 Å². The zero-order valence-electron chi connectivity index (χ0n) is 19.3. The lowest BCUT2D eigenvalue weighted by atomic mass is 10.3. The number of methoxy groups -OCH3 is 1. The minimum absolute atomic E-state index is 0.236. The molecule has 0 aromatic heterocycles. The van der Waals surface area contributed by atoms with Gasteiger partial charge in [-0.3, -0.25) is 0 Å². The van der Waals surface area contributed by atoms with E-state index in [1.165, 1.54) is 7.11 Å². The lowest BCUT2D eigenvalue weighted by Gasteiger charge is -2.05. The molecular formula is C24H32O9. The van der Waals surface area contributed by atoms with Crippen molar-refractivity contribution in [2.75, 3.05) is 26.9 Å². The van der Waals surface area contributed by atoms with Crippen LogP contribution in [-0.2, 0) is 33.4 Å². The van der Waals surface area contributed by atoms with Crippen LogP contribution in [0.4, 0.5) is 0 Å². The third kappa shape index (κ3) is 27.9. The maximum Gasteiger partial charge on any atom is 0.332 e.